The van der Waals surface area contributed by atoms with Gasteiger partial charge in [0.25, 0.3) is 0 Å². The number of methoxy groups -OCH3 is 1. The fourth-order valence-electron chi connectivity index (χ4n) is 2.33. The number of rotatable bonds is 4. The van der Waals surface area contributed by atoms with Crippen LogP contribution in [0.1, 0.15) is 22.6 Å². The minimum Gasteiger partial charge on any atom is -0.465 e. The van der Waals surface area contributed by atoms with Crippen LogP contribution in [0.5, 0.6) is 0 Å². The molecular weight excluding hydrogens is 332 g/mol. The fourth-order valence-corrected chi connectivity index (χ4v) is 3.31. The summed E-state index contributed by atoms with van der Waals surface area (Å²) in [6.45, 7) is 1.76. The molecule has 0 bridgehead atoms. The number of nitrogens with zero attached hydrogens (tertiary/aromatic N) is 3. The molecule has 0 saturated carbocycles. The van der Waals surface area contributed by atoms with Gasteiger partial charge >= 0.3 is 5.97 Å². The lowest BCUT2D eigenvalue weighted by Gasteiger charge is -2.14. The summed E-state index contributed by atoms with van der Waals surface area (Å²) in [5.74, 6) is -0.451. The molecule has 9 heteroatoms. The first-order chi connectivity index (χ1) is 11.5. The number of aromatic nitrogens is 3. The van der Waals surface area contributed by atoms with Crippen molar-refractivity contribution in [1.29, 1.82) is 0 Å². The molecule has 1 fully saturated rings. The van der Waals surface area contributed by atoms with Crippen molar-refractivity contribution in [2.75, 3.05) is 12.0 Å². The van der Waals surface area contributed by atoms with E-state index in [4.69, 9.17) is 0 Å². The third-order valence-corrected chi connectivity index (χ3v) is 4.52. The predicted octanol–water partition coefficient (Wildman–Crippen LogP) is 1.32. The second-order valence-corrected chi connectivity index (χ2v) is 6.29. The maximum atomic E-state index is 12.5. The van der Waals surface area contributed by atoms with Crippen molar-refractivity contribution in [2.24, 2.45) is 0 Å². The average molecular weight is 346 g/mol. The van der Waals surface area contributed by atoms with Crippen molar-refractivity contribution < 1.29 is 19.1 Å². The van der Waals surface area contributed by atoms with Crippen LogP contribution in [0.2, 0.25) is 0 Å². The Kier molecular flexibility index (Phi) is 4.34. The number of H-pyrrole nitrogens is 1. The Morgan fingerprint density at radius 2 is 2.04 bits per heavy atom. The number of ether oxygens (including phenoxy) is 1. The first-order valence-corrected chi connectivity index (χ1v) is 7.98. The topological polar surface area (TPSA) is 105 Å². The zero-order valence-electron chi connectivity index (χ0n) is 13.0. The highest BCUT2D eigenvalue weighted by molar-refractivity contribution is 8.00. The number of imide groups is 1. The first-order valence-electron chi connectivity index (χ1n) is 7.10. The summed E-state index contributed by atoms with van der Waals surface area (Å²) >= 11 is 1.15. The molecule has 8 nitrogen and oxygen atoms in total. The molecule has 0 spiro atoms. The van der Waals surface area contributed by atoms with Gasteiger partial charge in [0.2, 0.25) is 17.0 Å². The lowest BCUT2D eigenvalue weighted by atomic mass is 10.2. The molecule has 0 unspecified atom stereocenters. The number of carbonyl (C=O) groups is 3. The zero-order chi connectivity index (χ0) is 17.3. The normalized spacial score (nSPS) is 17.4. The fraction of sp³-hybridized carbons (Fsp3) is 0.267. The van der Waals surface area contributed by atoms with Crippen molar-refractivity contribution in [3.05, 3.63) is 35.7 Å². The molecule has 0 aliphatic carbocycles. The lowest BCUT2D eigenvalue weighted by molar-refractivity contribution is -0.121. The van der Waals surface area contributed by atoms with Crippen LogP contribution in [0.25, 0.3) is 0 Å². The van der Waals surface area contributed by atoms with Crippen LogP contribution in [0.15, 0.2) is 29.4 Å². The van der Waals surface area contributed by atoms with E-state index in [0.717, 1.165) is 16.7 Å². The quantitative estimate of drug-likeness (QED) is 0.657. The van der Waals surface area contributed by atoms with Gasteiger partial charge in [-0.2, -0.15) is 0 Å². The van der Waals surface area contributed by atoms with Crippen molar-refractivity contribution in [3.8, 4) is 0 Å². The molecule has 1 aromatic carbocycles. The molecule has 2 aromatic rings. The van der Waals surface area contributed by atoms with Gasteiger partial charge in [-0.05, 0) is 31.2 Å². The van der Waals surface area contributed by atoms with Gasteiger partial charge in [-0.1, -0.05) is 11.8 Å². The number of carbonyl (C=O) groups excluding carboxylic acids is 3. The SMILES string of the molecule is COC(=O)c1ccc(N2C(=O)C[C@H](Sc3n[nH]c(C)n3)C2=O)cc1. The van der Waals surface area contributed by atoms with E-state index < -0.39 is 11.2 Å². The summed E-state index contributed by atoms with van der Waals surface area (Å²) in [5.41, 5.74) is 0.773. The van der Waals surface area contributed by atoms with Crippen molar-refractivity contribution in [3.63, 3.8) is 0 Å². The van der Waals surface area contributed by atoms with Gasteiger partial charge in [0.05, 0.1) is 18.4 Å². The number of esters is 1. The number of anilines is 1. The van der Waals surface area contributed by atoms with Crippen LogP contribution in [0.3, 0.4) is 0 Å². The molecule has 1 aromatic heterocycles. The predicted molar refractivity (Wildman–Crippen MR) is 85.7 cm³/mol. The lowest BCUT2D eigenvalue weighted by Crippen LogP contribution is -2.31. The monoisotopic (exact) mass is 346 g/mol. The maximum absolute atomic E-state index is 12.5. The molecule has 24 heavy (non-hydrogen) atoms. The molecule has 124 valence electrons. The van der Waals surface area contributed by atoms with Crippen molar-refractivity contribution in [1.82, 2.24) is 15.2 Å². The van der Waals surface area contributed by atoms with E-state index in [1.807, 2.05) is 0 Å². The second kappa shape index (κ2) is 6.44. The third-order valence-electron chi connectivity index (χ3n) is 3.48. The Balaban J connectivity index is 1.77. The van der Waals surface area contributed by atoms with Crippen LogP contribution in [-0.4, -0.2) is 45.3 Å². The number of benzene rings is 1. The van der Waals surface area contributed by atoms with Crippen LogP contribution >= 0.6 is 11.8 Å². The smallest absolute Gasteiger partial charge is 0.337 e. The van der Waals surface area contributed by atoms with Gasteiger partial charge in [-0.3, -0.25) is 14.7 Å². The Morgan fingerprint density at radius 3 is 2.62 bits per heavy atom. The summed E-state index contributed by atoms with van der Waals surface area (Å²) in [4.78, 5) is 41.4. The summed E-state index contributed by atoms with van der Waals surface area (Å²) in [5, 5.41) is 6.54. The highest BCUT2D eigenvalue weighted by Crippen LogP contribution is 2.32. The van der Waals surface area contributed by atoms with E-state index in [9.17, 15) is 14.4 Å². The van der Waals surface area contributed by atoms with Crippen molar-refractivity contribution in [2.45, 2.75) is 23.8 Å². The zero-order valence-corrected chi connectivity index (χ0v) is 13.8. The van der Waals surface area contributed by atoms with Crippen LogP contribution < -0.4 is 4.90 Å². The number of aromatic amines is 1. The molecule has 2 heterocycles. The summed E-state index contributed by atoms with van der Waals surface area (Å²) in [6.07, 6.45) is 0.0792. The number of hydrogen-bond acceptors (Lipinski definition) is 7. The summed E-state index contributed by atoms with van der Waals surface area (Å²) in [7, 11) is 1.29. The van der Waals surface area contributed by atoms with Gasteiger partial charge in [0.15, 0.2) is 0 Å². The van der Waals surface area contributed by atoms with E-state index in [1.165, 1.54) is 19.2 Å². The minimum atomic E-state index is -0.562. The van der Waals surface area contributed by atoms with Crippen LogP contribution in [0, 0.1) is 6.92 Å². The molecule has 1 saturated heterocycles. The first kappa shape index (κ1) is 16.2. The molecule has 1 atom stereocenters. The number of hydrogen-bond donors (Lipinski definition) is 1. The Labute approximate surface area is 141 Å². The van der Waals surface area contributed by atoms with E-state index in [1.54, 1.807) is 19.1 Å². The average Bonchev–Trinajstić information content (AvgIpc) is 3.10. The molecule has 1 N–H and O–H groups in total. The highest BCUT2D eigenvalue weighted by atomic mass is 32.2. The second-order valence-electron chi connectivity index (χ2n) is 5.12. The summed E-state index contributed by atoms with van der Waals surface area (Å²) in [6, 6.07) is 6.12. The van der Waals surface area contributed by atoms with E-state index in [0.29, 0.717) is 22.2 Å². The van der Waals surface area contributed by atoms with Gasteiger partial charge in [0.1, 0.15) is 11.1 Å². The van der Waals surface area contributed by atoms with Crippen LogP contribution in [0.4, 0.5) is 5.69 Å². The van der Waals surface area contributed by atoms with E-state index >= 15 is 0 Å². The molecule has 0 radical (unpaired) electrons. The summed E-state index contributed by atoms with van der Waals surface area (Å²) < 4.78 is 4.62. The number of thioether (sulfide) groups is 1. The van der Waals surface area contributed by atoms with Gasteiger partial charge < -0.3 is 4.74 Å². The highest BCUT2D eigenvalue weighted by Gasteiger charge is 2.40. The molecule has 1 aliphatic heterocycles. The Morgan fingerprint density at radius 1 is 1.33 bits per heavy atom. The van der Waals surface area contributed by atoms with Gasteiger partial charge in [-0.25, -0.2) is 14.7 Å². The van der Waals surface area contributed by atoms with E-state index in [-0.39, 0.29) is 18.2 Å². The number of amides is 2. The molecule has 3 rings (SSSR count). The minimum absolute atomic E-state index is 0.0792. The third kappa shape index (κ3) is 3.02. The van der Waals surface area contributed by atoms with Gasteiger partial charge in [0, 0.05) is 6.42 Å². The van der Waals surface area contributed by atoms with Gasteiger partial charge in [-0.15, -0.1) is 5.10 Å². The Bertz CT molecular complexity index is 802. The number of aryl methyl sites for hydroxylation is 1. The van der Waals surface area contributed by atoms with Crippen molar-refractivity contribution >= 4 is 35.2 Å². The van der Waals surface area contributed by atoms with Crippen LogP contribution in [-0.2, 0) is 14.3 Å². The molecule has 2 amide bonds. The molecular formula is C15H14N4O4S. The Hall–Kier alpha value is -2.68. The number of nitrogens with one attached hydrogen (secondary N) is 1. The standard InChI is InChI=1S/C15H14N4O4S/c1-8-16-15(18-17-8)24-11-7-12(20)19(13(11)21)10-5-3-9(4-6-10)14(22)23-2/h3-6,11H,7H2,1-2H3,(H,16,17,18)/t11-/m0/s1. The largest absolute Gasteiger partial charge is 0.465 e. The van der Waals surface area contributed by atoms with E-state index in [2.05, 4.69) is 19.9 Å². The molecule has 1 aliphatic rings. The maximum Gasteiger partial charge on any atom is 0.337 e.